The molecule has 84 valence electrons. The van der Waals surface area contributed by atoms with E-state index < -0.39 is 5.97 Å². The van der Waals surface area contributed by atoms with Crippen molar-refractivity contribution in [2.24, 2.45) is 0 Å². The molecule has 0 spiro atoms. The lowest BCUT2D eigenvalue weighted by atomic mass is 10.2. The number of nitrogens with zero attached hydrogens (tertiary/aromatic N) is 2. The molecule has 5 nitrogen and oxygen atoms in total. The first-order chi connectivity index (χ1) is 7.63. The highest BCUT2D eigenvalue weighted by Gasteiger charge is 2.11. The molecule has 0 bridgehead atoms. The van der Waals surface area contributed by atoms with Gasteiger partial charge in [0.05, 0.1) is 17.6 Å². The van der Waals surface area contributed by atoms with E-state index in [0.717, 1.165) is 5.82 Å². The average Bonchev–Trinajstić information content (AvgIpc) is 2.56. The van der Waals surface area contributed by atoms with Crippen molar-refractivity contribution < 1.29 is 9.90 Å². The standard InChI is InChI=1S/C10H10ClN3O2/c1-12-5-8-13-9(11)7-4-6(10(15)16)2-3-14(7)8/h2-4,12H,5H2,1H3,(H,15,16). The first-order valence-electron chi connectivity index (χ1n) is 4.68. The molecule has 0 fully saturated rings. The van der Waals surface area contributed by atoms with Crippen LogP contribution >= 0.6 is 11.6 Å². The summed E-state index contributed by atoms with van der Waals surface area (Å²) in [5, 5.41) is 12.1. The van der Waals surface area contributed by atoms with E-state index in [2.05, 4.69) is 10.3 Å². The largest absolute Gasteiger partial charge is 0.478 e. The lowest BCUT2D eigenvalue weighted by Crippen LogP contribution is -2.09. The predicted octanol–water partition coefficient (Wildman–Crippen LogP) is 1.41. The Hall–Kier alpha value is -1.59. The summed E-state index contributed by atoms with van der Waals surface area (Å²) < 4.78 is 1.77. The Kier molecular flexibility index (Phi) is 2.80. The van der Waals surface area contributed by atoms with Crippen LogP contribution in [0.4, 0.5) is 0 Å². The van der Waals surface area contributed by atoms with E-state index in [1.165, 1.54) is 12.1 Å². The van der Waals surface area contributed by atoms with Gasteiger partial charge in [-0.1, -0.05) is 11.6 Å². The van der Waals surface area contributed by atoms with Crippen LogP contribution in [0.25, 0.3) is 5.52 Å². The summed E-state index contributed by atoms with van der Waals surface area (Å²) in [6, 6.07) is 3.03. The lowest BCUT2D eigenvalue weighted by molar-refractivity contribution is 0.0697. The second kappa shape index (κ2) is 4.11. The highest BCUT2D eigenvalue weighted by molar-refractivity contribution is 6.32. The molecule has 2 N–H and O–H groups in total. The number of carboxylic acid groups (broad SMARTS) is 1. The van der Waals surface area contributed by atoms with Crippen LogP contribution in [0.3, 0.4) is 0 Å². The molecular formula is C10H10ClN3O2. The molecule has 2 aromatic rings. The van der Waals surface area contributed by atoms with Gasteiger partial charge < -0.3 is 14.8 Å². The zero-order valence-electron chi connectivity index (χ0n) is 8.57. The summed E-state index contributed by atoms with van der Waals surface area (Å²) in [7, 11) is 1.81. The van der Waals surface area contributed by atoms with E-state index in [1.54, 1.807) is 17.6 Å². The summed E-state index contributed by atoms with van der Waals surface area (Å²) in [6.07, 6.45) is 1.66. The Morgan fingerprint density at radius 3 is 3.06 bits per heavy atom. The van der Waals surface area contributed by atoms with Crippen molar-refractivity contribution >= 4 is 23.1 Å². The summed E-state index contributed by atoms with van der Waals surface area (Å²) in [6.45, 7) is 0.570. The summed E-state index contributed by atoms with van der Waals surface area (Å²) >= 11 is 5.94. The van der Waals surface area contributed by atoms with E-state index in [1.807, 2.05) is 0 Å². The summed E-state index contributed by atoms with van der Waals surface area (Å²) in [4.78, 5) is 15.0. The quantitative estimate of drug-likeness (QED) is 0.850. The van der Waals surface area contributed by atoms with Crippen molar-refractivity contribution in [3.63, 3.8) is 0 Å². The molecule has 2 aromatic heterocycles. The summed E-state index contributed by atoms with van der Waals surface area (Å²) in [5.74, 6) is -0.227. The van der Waals surface area contributed by atoms with Crippen LogP contribution in [-0.4, -0.2) is 27.5 Å². The van der Waals surface area contributed by atoms with Crippen LogP contribution in [0.5, 0.6) is 0 Å². The van der Waals surface area contributed by atoms with Crippen LogP contribution in [0.1, 0.15) is 16.2 Å². The molecule has 0 saturated heterocycles. The Bertz CT molecular complexity index is 550. The van der Waals surface area contributed by atoms with Gasteiger partial charge in [-0.2, -0.15) is 0 Å². The van der Waals surface area contributed by atoms with Gasteiger partial charge >= 0.3 is 5.97 Å². The van der Waals surface area contributed by atoms with Gasteiger partial charge in [0.25, 0.3) is 0 Å². The number of nitrogens with one attached hydrogen (secondary N) is 1. The van der Waals surface area contributed by atoms with Gasteiger partial charge in [0.2, 0.25) is 0 Å². The van der Waals surface area contributed by atoms with Gasteiger partial charge in [0.1, 0.15) is 5.82 Å². The van der Waals surface area contributed by atoms with Crippen molar-refractivity contribution in [3.05, 3.63) is 34.9 Å². The van der Waals surface area contributed by atoms with E-state index in [-0.39, 0.29) is 5.56 Å². The van der Waals surface area contributed by atoms with E-state index in [9.17, 15) is 4.79 Å². The number of carboxylic acids is 1. The fourth-order valence-corrected chi connectivity index (χ4v) is 1.77. The molecule has 0 radical (unpaired) electrons. The zero-order chi connectivity index (χ0) is 11.7. The van der Waals surface area contributed by atoms with Crippen LogP contribution in [0.15, 0.2) is 18.3 Å². The fourth-order valence-electron chi connectivity index (χ4n) is 1.52. The number of fused-ring (bicyclic) bond motifs is 1. The second-order valence-corrected chi connectivity index (χ2v) is 3.68. The smallest absolute Gasteiger partial charge is 0.335 e. The normalized spacial score (nSPS) is 10.9. The maximum Gasteiger partial charge on any atom is 0.335 e. The number of halogens is 1. The Morgan fingerprint density at radius 2 is 2.44 bits per heavy atom. The van der Waals surface area contributed by atoms with Crippen LogP contribution in [0, 0.1) is 0 Å². The second-order valence-electron chi connectivity index (χ2n) is 3.32. The van der Waals surface area contributed by atoms with Gasteiger partial charge in [0, 0.05) is 6.20 Å². The molecule has 2 heterocycles. The topological polar surface area (TPSA) is 66.6 Å². The van der Waals surface area contributed by atoms with Gasteiger partial charge in [-0.15, -0.1) is 0 Å². The highest BCUT2D eigenvalue weighted by atomic mass is 35.5. The van der Waals surface area contributed by atoms with Crippen molar-refractivity contribution in [1.82, 2.24) is 14.7 Å². The van der Waals surface area contributed by atoms with Crippen molar-refractivity contribution in [2.45, 2.75) is 6.54 Å². The third-order valence-corrected chi connectivity index (χ3v) is 2.53. The lowest BCUT2D eigenvalue weighted by Gasteiger charge is -2.00. The zero-order valence-corrected chi connectivity index (χ0v) is 9.32. The van der Waals surface area contributed by atoms with Crippen LogP contribution in [0.2, 0.25) is 5.15 Å². The van der Waals surface area contributed by atoms with Gasteiger partial charge in [0.15, 0.2) is 5.15 Å². The number of hydrogen-bond donors (Lipinski definition) is 2. The number of pyridine rings is 1. The minimum atomic E-state index is -0.977. The molecule has 0 aromatic carbocycles. The van der Waals surface area contributed by atoms with Gasteiger partial charge in [-0.05, 0) is 19.2 Å². The highest BCUT2D eigenvalue weighted by Crippen LogP contribution is 2.19. The van der Waals surface area contributed by atoms with E-state index in [0.29, 0.717) is 17.2 Å². The molecule has 6 heteroatoms. The van der Waals surface area contributed by atoms with Crippen LogP contribution in [-0.2, 0) is 6.54 Å². The van der Waals surface area contributed by atoms with Crippen molar-refractivity contribution in [3.8, 4) is 0 Å². The molecule has 16 heavy (non-hydrogen) atoms. The molecule has 0 amide bonds. The minimum Gasteiger partial charge on any atom is -0.478 e. The molecule has 0 aliphatic rings. The average molecular weight is 240 g/mol. The fraction of sp³-hybridized carbons (Fsp3) is 0.200. The number of carbonyl (C=O) groups is 1. The number of hydrogen-bond acceptors (Lipinski definition) is 3. The first kappa shape index (κ1) is 10.9. The molecule has 0 unspecified atom stereocenters. The SMILES string of the molecule is CNCc1nc(Cl)c2cc(C(=O)O)ccn12. The first-order valence-corrected chi connectivity index (χ1v) is 5.05. The van der Waals surface area contributed by atoms with Crippen molar-refractivity contribution in [1.29, 1.82) is 0 Å². The molecular weight excluding hydrogens is 230 g/mol. The third-order valence-electron chi connectivity index (χ3n) is 2.25. The molecule has 0 saturated carbocycles. The third kappa shape index (κ3) is 1.75. The maximum absolute atomic E-state index is 10.8. The van der Waals surface area contributed by atoms with Crippen LogP contribution < -0.4 is 5.32 Å². The Morgan fingerprint density at radius 1 is 1.69 bits per heavy atom. The number of aromatic nitrogens is 2. The van der Waals surface area contributed by atoms with E-state index >= 15 is 0 Å². The Labute approximate surface area is 96.7 Å². The van der Waals surface area contributed by atoms with Crippen molar-refractivity contribution in [2.75, 3.05) is 7.05 Å². The number of aromatic carboxylic acids is 1. The number of imidazole rings is 1. The Balaban J connectivity index is 2.61. The predicted molar refractivity (Wildman–Crippen MR) is 59.9 cm³/mol. The minimum absolute atomic E-state index is 0.199. The molecule has 0 atom stereocenters. The monoisotopic (exact) mass is 239 g/mol. The molecule has 0 aliphatic heterocycles. The molecule has 2 rings (SSSR count). The van der Waals surface area contributed by atoms with Gasteiger partial charge in [-0.3, -0.25) is 0 Å². The maximum atomic E-state index is 10.8. The van der Waals surface area contributed by atoms with Gasteiger partial charge in [-0.25, -0.2) is 9.78 Å². The summed E-state index contributed by atoms with van der Waals surface area (Å²) in [5.41, 5.74) is 0.803. The van der Waals surface area contributed by atoms with E-state index in [4.69, 9.17) is 16.7 Å². The molecule has 0 aliphatic carbocycles. The number of rotatable bonds is 3.